The molecule has 1 unspecified atom stereocenters. The van der Waals surface area contributed by atoms with Crippen LogP contribution in [0.3, 0.4) is 0 Å². The second kappa shape index (κ2) is 32.9. The molecule has 1 fully saturated rings. The average Bonchev–Trinajstić information content (AvgIpc) is 1.41. The molecule has 1 aliphatic rings. The zero-order valence-electron chi connectivity index (χ0n) is 54.2. The van der Waals surface area contributed by atoms with Crippen LogP contribution in [0, 0.1) is 18.4 Å². The van der Waals surface area contributed by atoms with E-state index in [-0.39, 0.29) is 35.8 Å². The van der Waals surface area contributed by atoms with E-state index in [1.165, 1.54) is 70.5 Å². The molecule has 0 aliphatic carbocycles. The monoisotopic (exact) mass is 1290 g/mol. The third-order valence-electron chi connectivity index (χ3n) is 17.5. The number of methoxy groups -OCH3 is 2. The number of unbranched alkanes of at least 4 members (excludes halogenated alkanes) is 13. The fourth-order valence-corrected chi connectivity index (χ4v) is 14.0. The quantitative estimate of drug-likeness (QED) is 0.00951. The Morgan fingerprint density at radius 3 is 1.61 bits per heavy atom. The number of benzene rings is 7. The van der Waals surface area contributed by atoms with Crippen LogP contribution >= 0.6 is 7.75 Å². The lowest BCUT2D eigenvalue weighted by atomic mass is 9.77. The van der Waals surface area contributed by atoms with E-state index in [0.717, 1.165) is 47.1 Å². The average molecular weight is 1290 g/mol. The highest BCUT2D eigenvalue weighted by Gasteiger charge is 2.56. The molecule has 9 aromatic rings. The van der Waals surface area contributed by atoms with Gasteiger partial charge in [-0.25, -0.2) is 9.55 Å². The molecule has 0 amide bonds. The third kappa shape index (κ3) is 16.3. The zero-order chi connectivity index (χ0) is 65.6. The van der Waals surface area contributed by atoms with E-state index >= 15 is 8.96 Å². The number of carbonyl (C=O) groups is 1. The minimum Gasteiger partial charge on any atom is -0.497 e. The molecular formula is C77H86FN6O9P. The summed E-state index contributed by atoms with van der Waals surface area (Å²) in [5.74, 6) is 3.80. The smallest absolute Gasteiger partial charge is 0.459 e. The van der Waals surface area contributed by atoms with Crippen molar-refractivity contribution in [3.8, 4) is 29.6 Å². The standard InChI is InChI=1S/C77H86FN6O9P/c1-6-8-9-10-11-12-13-14-15-16-17-18-19-35-54-89-73(85)58(3)83-94(86,93-67-44-33-24-34-45-67)90-56-75(7-2)68(91-77(62-40-29-22-30-41-62,63-42-31-23-32-43-63)64-48-52-66(88-5)53-49-64)55-69(92-75)84-57-79-70-71(80-74(78)81-72(70)84)82-76(59-36-25-20-26-37-59,60-38-27-21-28-39-60)61-46-50-65(87-4)51-47-61/h2,20-34,36-53,57-58,68-69H,6,8-19,35,54-56H2,1,3-5H3,(H,83,86)(H,80,81,82)/t58-,68-,69+,75+,94?/m0/s1. The van der Waals surface area contributed by atoms with Crippen molar-refractivity contribution in [1.82, 2.24) is 24.6 Å². The van der Waals surface area contributed by atoms with Crippen molar-refractivity contribution in [2.75, 3.05) is 32.8 Å². The Balaban J connectivity index is 0.983. The number of esters is 1. The Morgan fingerprint density at radius 2 is 1.11 bits per heavy atom. The predicted octanol–water partition coefficient (Wildman–Crippen LogP) is 17.3. The predicted molar refractivity (Wildman–Crippen MR) is 366 cm³/mol. The normalized spacial score (nSPS) is 16.6. The van der Waals surface area contributed by atoms with Gasteiger partial charge in [0.25, 0.3) is 0 Å². The Labute approximate surface area is 552 Å². The molecule has 5 atom stereocenters. The highest BCUT2D eigenvalue weighted by atomic mass is 31.2. The summed E-state index contributed by atoms with van der Waals surface area (Å²) in [4.78, 5) is 27.6. The molecular weight excluding hydrogens is 1200 g/mol. The van der Waals surface area contributed by atoms with E-state index < -0.39 is 61.5 Å². The molecule has 2 aromatic heterocycles. The maximum absolute atomic E-state index is 16.7. The SMILES string of the molecule is C#C[C@]1(COP(=O)(N[C@@H](C)C(=O)OCCCCCCCCCCCCCCCC)Oc2ccccc2)O[C@@H](n2cnc3c(NC(c4ccccc4)(c4ccccc4)c4ccc(OC)cc4)nc(F)nc32)C[C@@H]1OC(c1ccccc1)(c1ccccc1)c1ccc(OC)cc1. The first-order chi connectivity index (χ1) is 46.0. The summed E-state index contributed by atoms with van der Waals surface area (Å²) in [6, 6.07) is 61.6. The van der Waals surface area contributed by atoms with E-state index in [9.17, 15) is 4.79 Å². The van der Waals surface area contributed by atoms with Crippen LogP contribution in [0.1, 0.15) is 150 Å². The van der Waals surface area contributed by atoms with Crippen LogP contribution in [0.4, 0.5) is 10.2 Å². The Morgan fingerprint density at radius 1 is 0.649 bits per heavy atom. The number of nitrogens with one attached hydrogen (secondary N) is 2. The molecule has 94 heavy (non-hydrogen) atoms. The topological polar surface area (TPSA) is 166 Å². The maximum Gasteiger partial charge on any atom is 0.459 e. The van der Waals surface area contributed by atoms with Gasteiger partial charge in [-0.3, -0.25) is 13.9 Å². The van der Waals surface area contributed by atoms with Crippen LogP contribution < -0.4 is 24.4 Å². The first-order valence-corrected chi connectivity index (χ1v) is 34.5. The number of carbonyl (C=O) groups excluding carboxylic acids is 1. The van der Waals surface area contributed by atoms with Gasteiger partial charge in [0.2, 0.25) is 0 Å². The number of halogens is 1. The lowest BCUT2D eigenvalue weighted by Gasteiger charge is -2.41. The van der Waals surface area contributed by atoms with Gasteiger partial charge in [0.15, 0.2) is 22.6 Å². The van der Waals surface area contributed by atoms with Crippen molar-refractivity contribution in [2.24, 2.45) is 0 Å². The molecule has 1 saturated heterocycles. The second-order valence-corrected chi connectivity index (χ2v) is 25.6. The second-order valence-electron chi connectivity index (χ2n) is 23.9. The highest BCUT2D eigenvalue weighted by Crippen LogP contribution is 2.52. The van der Waals surface area contributed by atoms with Gasteiger partial charge in [0.1, 0.15) is 53.4 Å². The largest absolute Gasteiger partial charge is 0.497 e. The molecule has 7 aromatic carbocycles. The van der Waals surface area contributed by atoms with Gasteiger partial charge in [0.05, 0.1) is 27.2 Å². The number of imidazole rings is 1. The van der Waals surface area contributed by atoms with Gasteiger partial charge in [-0.15, -0.1) is 6.42 Å². The van der Waals surface area contributed by atoms with Gasteiger partial charge in [-0.1, -0.05) is 260 Å². The number of fused-ring (bicyclic) bond motifs is 1. The molecule has 2 N–H and O–H groups in total. The van der Waals surface area contributed by atoms with Gasteiger partial charge < -0.3 is 33.5 Å². The number of hydrogen-bond acceptors (Lipinski definition) is 13. The molecule has 0 spiro atoms. The van der Waals surface area contributed by atoms with Crippen molar-refractivity contribution < 1.29 is 46.5 Å². The van der Waals surface area contributed by atoms with Gasteiger partial charge >= 0.3 is 19.8 Å². The minimum atomic E-state index is -4.63. The molecule has 490 valence electrons. The summed E-state index contributed by atoms with van der Waals surface area (Å²) >= 11 is 0. The molecule has 15 nitrogen and oxygen atoms in total. The van der Waals surface area contributed by atoms with Gasteiger partial charge in [-0.05, 0) is 83.1 Å². The third-order valence-corrected chi connectivity index (χ3v) is 19.1. The van der Waals surface area contributed by atoms with E-state index in [1.807, 2.05) is 170 Å². The molecule has 0 saturated carbocycles. The summed E-state index contributed by atoms with van der Waals surface area (Å²) in [7, 11) is -1.42. The molecule has 17 heteroatoms. The van der Waals surface area contributed by atoms with Crippen LogP contribution in [0.2, 0.25) is 0 Å². The van der Waals surface area contributed by atoms with Crippen LogP contribution in [0.25, 0.3) is 11.2 Å². The van der Waals surface area contributed by atoms with Crippen LogP contribution in [0.15, 0.2) is 207 Å². The zero-order valence-corrected chi connectivity index (χ0v) is 55.1. The number of hydrogen-bond donors (Lipinski definition) is 2. The fraction of sp³-hybridized carbons (Fsp3) is 0.351. The maximum atomic E-state index is 16.7. The molecule has 3 heterocycles. The number of para-hydroxylation sites is 1. The summed E-state index contributed by atoms with van der Waals surface area (Å²) < 4.78 is 78.8. The lowest BCUT2D eigenvalue weighted by Crippen LogP contribution is -2.49. The van der Waals surface area contributed by atoms with Crippen molar-refractivity contribution >= 4 is 30.7 Å². The Bertz CT molecular complexity index is 3810. The number of terminal acetylenes is 1. The first kappa shape index (κ1) is 68.2. The molecule has 1 aliphatic heterocycles. The van der Waals surface area contributed by atoms with Crippen LogP contribution in [0.5, 0.6) is 17.2 Å². The van der Waals surface area contributed by atoms with Crippen molar-refractivity contribution in [3.63, 3.8) is 0 Å². The number of ether oxygens (including phenoxy) is 5. The van der Waals surface area contributed by atoms with Crippen molar-refractivity contribution in [2.45, 2.75) is 145 Å². The van der Waals surface area contributed by atoms with E-state index in [2.05, 4.69) is 33.2 Å². The van der Waals surface area contributed by atoms with Crippen molar-refractivity contribution in [3.05, 3.63) is 246 Å². The number of anilines is 1. The van der Waals surface area contributed by atoms with Gasteiger partial charge in [-0.2, -0.15) is 19.4 Å². The van der Waals surface area contributed by atoms with E-state index in [1.54, 1.807) is 56.0 Å². The van der Waals surface area contributed by atoms with E-state index in [4.69, 9.17) is 44.1 Å². The fourth-order valence-electron chi connectivity index (χ4n) is 12.5. The number of rotatable bonds is 36. The molecule has 0 radical (unpaired) electrons. The summed E-state index contributed by atoms with van der Waals surface area (Å²) in [6.07, 6.45) is 21.7. The summed E-state index contributed by atoms with van der Waals surface area (Å²) in [6.45, 7) is 3.36. The van der Waals surface area contributed by atoms with Crippen LogP contribution in [-0.4, -0.2) is 70.7 Å². The number of aromatic nitrogens is 4. The van der Waals surface area contributed by atoms with Gasteiger partial charge in [0, 0.05) is 6.42 Å². The Kier molecular flexibility index (Phi) is 23.9. The number of nitrogens with zero attached hydrogens (tertiary/aromatic N) is 4. The van der Waals surface area contributed by atoms with E-state index in [0.29, 0.717) is 23.5 Å². The molecule has 0 bridgehead atoms. The van der Waals surface area contributed by atoms with Crippen molar-refractivity contribution in [1.29, 1.82) is 0 Å². The van der Waals surface area contributed by atoms with Crippen LogP contribution in [-0.2, 0) is 39.2 Å². The first-order valence-electron chi connectivity index (χ1n) is 32.9. The Hall–Kier alpha value is -8.68. The lowest BCUT2D eigenvalue weighted by molar-refractivity contribution is -0.145. The summed E-state index contributed by atoms with van der Waals surface area (Å²) in [5, 5.41) is 6.56. The highest BCUT2D eigenvalue weighted by molar-refractivity contribution is 7.52. The molecule has 10 rings (SSSR count). The minimum absolute atomic E-state index is 0.0337. The summed E-state index contributed by atoms with van der Waals surface area (Å²) in [5.41, 5.74) is 0.310.